The van der Waals surface area contributed by atoms with Crippen molar-refractivity contribution < 1.29 is 14.4 Å². The van der Waals surface area contributed by atoms with Crippen LogP contribution in [-0.4, -0.2) is 71.3 Å². The summed E-state index contributed by atoms with van der Waals surface area (Å²) in [5.74, 6) is -0.125. The molecule has 2 saturated heterocycles. The fourth-order valence-electron chi connectivity index (χ4n) is 3.36. The van der Waals surface area contributed by atoms with Crippen molar-refractivity contribution in [3.8, 4) is 0 Å². The Kier molecular flexibility index (Phi) is 6.17. The van der Waals surface area contributed by atoms with E-state index in [4.69, 9.17) is 0 Å². The molecule has 140 valence electrons. The van der Waals surface area contributed by atoms with Crippen LogP contribution in [0.4, 0.5) is 0 Å². The lowest BCUT2D eigenvalue weighted by Crippen LogP contribution is -2.59. The maximum atomic E-state index is 12.6. The number of likely N-dealkylation sites (tertiary alicyclic amines) is 1. The molecule has 0 spiro atoms. The maximum Gasteiger partial charge on any atom is 0.244 e. The Labute approximate surface area is 152 Å². The molecule has 26 heavy (non-hydrogen) atoms. The fraction of sp³-hybridized carbons (Fsp3) is 0.556. The Bertz CT molecular complexity index is 651. The van der Waals surface area contributed by atoms with Gasteiger partial charge in [-0.1, -0.05) is 0 Å². The van der Waals surface area contributed by atoms with Crippen molar-refractivity contribution in [3.63, 3.8) is 0 Å². The highest BCUT2D eigenvalue weighted by Crippen LogP contribution is 2.12. The second-order valence-electron chi connectivity index (χ2n) is 6.61. The number of nitrogens with zero attached hydrogens (tertiary/aromatic N) is 3. The number of amides is 3. The van der Waals surface area contributed by atoms with E-state index in [0.717, 1.165) is 18.5 Å². The van der Waals surface area contributed by atoms with Gasteiger partial charge in [0.2, 0.25) is 17.7 Å². The van der Waals surface area contributed by atoms with Crippen molar-refractivity contribution in [3.05, 3.63) is 30.1 Å². The maximum absolute atomic E-state index is 12.6. The zero-order chi connectivity index (χ0) is 18.4. The topological polar surface area (TPSA) is 94.6 Å². The molecule has 0 aromatic carbocycles. The molecule has 2 N–H and O–H groups in total. The van der Waals surface area contributed by atoms with Crippen LogP contribution >= 0.6 is 0 Å². The van der Waals surface area contributed by atoms with E-state index in [1.165, 1.54) is 0 Å². The van der Waals surface area contributed by atoms with Crippen molar-refractivity contribution in [1.82, 2.24) is 25.4 Å². The van der Waals surface area contributed by atoms with Gasteiger partial charge >= 0.3 is 0 Å². The number of piperazine rings is 1. The normalized spacial score (nSPS) is 20.3. The molecule has 8 nitrogen and oxygen atoms in total. The van der Waals surface area contributed by atoms with E-state index >= 15 is 0 Å². The van der Waals surface area contributed by atoms with Crippen LogP contribution in [0.5, 0.6) is 0 Å². The molecule has 0 bridgehead atoms. The lowest BCUT2D eigenvalue weighted by molar-refractivity contribution is -0.142. The van der Waals surface area contributed by atoms with Crippen molar-refractivity contribution in [1.29, 1.82) is 0 Å². The zero-order valence-corrected chi connectivity index (χ0v) is 14.8. The standard InChI is InChI=1S/C18H25N5O3/c24-16-2-1-9-22(16)10-5-17(25)23-11-8-20-13-15(23)18(26)21-12-14-3-6-19-7-4-14/h3-4,6-7,15,20H,1-2,5,8-13H2,(H,21,26)/t15-/m1/s1. The van der Waals surface area contributed by atoms with Crippen LogP contribution < -0.4 is 10.6 Å². The van der Waals surface area contributed by atoms with Crippen LogP contribution in [0.15, 0.2) is 24.5 Å². The third-order valence-electron chi connectivity index (χ3n) is 4.85. The van der Waals surface area contributed by atoms with Crippen molar-refractivity contribution in [2.24, 2.45) is 0 Å². The molecular weight excluding hydrogens is 334 g/mol. The number of hydrogen-bond donors (Lipinski definition) is 2. The van der Waals surface area contributed by atoms with Gasteiger partial charge in [0.25, 0.3) is 0 Å². The molecular formula is C18H25N5O3. The zero-order valence-electron chi connectivity index (χ0n) is 14.8. The second-order valence-corrected chi connectivity index (χ2v) is 6.61. The molecule has 3 amide bonds. The molecule has 3 rings (SSSR count). The van der Waals surface area contributed by atoms with Gasteiger partial charge in [-0.3, -0.25) is 19.4 Å². The first-order valence-corrected chi connectivity index (χ1v) is 9.10. The summed E-state index contributed by atoms with van der Waals surface area (Å²) in [7, 11) is 0. The predicted octanol–water partition coefficient (Wildman–Crippen LogP) is -0.489. The quantitative estimate of drug-likeness (QED) is 0.715. The minimum absolute atomic E-state index is 0.0738. The number of carbonyl (C=O) groups is 3. The van der Waals surface area contributed by atoms with Crippen molar-refractivity contribution in [2.45, 2.75) is 31.8 Å². The minimum Gasteiger partial charge on any atom is -0.350 e. The number of nitrogens with one attached hydrogen (secondary N) is 2. The summed E-state index contributed by atoms with van der Waals surface area (Å²) < 4.78 is 0. The molecule has 2 fully saturated rings. The summed E-state index contributed by atoms with van der Waals surface area (Å²) in [6, 6.07) is 3.16. The lowest BCUT2D eigenvalue weighted by Gasteiger charge is -2.35. The van der Waals surface area contributed by atoms with E-state index in [1.54, 1.807) is 22.2 Å². The van der Waals surface area contributed by atoms with Gasteiger partial charge in [-0.2, -0.15) is 0 Å². The molecule has 0 unspecified atom stereocenters. The van der Waals surface area contributed by atoms with Crippen LogP contribution in [-0.2, 0) is 20.9 Å². The summed E-state index contributed by atoms with van der Waals surface area (Å²) in [5, 5.41) is 6.07. The summed E-state index contributed by atoms with van der Waals surface area (Å²) in [5.41, 5.74) is 0.961. The number of carbonyl (C=O) groups excluding carboxylic acids is 3. The molecule has 3 heterocycles. The van der Waals surface area contributed by atoms with E-state index in [0.29, 0.717) is 39.1 Å². The number of rotatable bonds is 6. The van der Waals surface area contributed by atoms with Crippen LogP contribution in [0.1, 0.15) is 24.8 Å². The first-order valence-electron chi connectivity index (χ1n) is 9.10. The SMILES string of the molecule is O=C(NCc1ccncc1)[C@H]1CNCCN1C(=O)CCN1CCCC1=O. The first-order chi connectivity index (χ1) is 12.6. The largest absolute Gasteiger partial charge is 0.350 e. The highest BCUT2D eigenvalue weighted by atomic mass is 16.2. The van der Waals surface area contributed by atoms with E-state index < -0.39 is 6.04 Å². The Morgan fingerprint density at radius 3 is 2.81 bits per heavy atom. The molecule has 2 aliphatic rings. The van der Waals surface area contributed by atoms with Gasteiger partial charge in [-0.15, -0.1) is 0 Å². The smallest absolute Gasteiger partial charge is 0.244 e. The van der Waals surface area contributed by atoms with Gasteiger partial charge in [0.15, 0.2) is 0 Å². The van der Waals surface area contributed by atoms with Crippen molar-refractivity contribution in [2.75, 3.05) is 32.7 Å². The third-order valence-corrected chi connectivity index (χ3v) is 4.85. The monoisotopic (exact) mass is 359 g/mol. The van der Waals surface area contributed by atoms with E-state index in [1.807, 2.05) is 12.1 Å². The van der Waals surface area contributed by atoms with Crippen LogP contribution in [0, 0.1) is 0 Å². The highest BCUT2D eigenvalue weighted by molar-refractivity contribution is 5.88. The summed E-state index contributed by atoms with van der Waals surface area (Å²) in [6.45, 7) is 3.18. The Morgan fingerprint density at radius 2 is 2.08 bits per heavy atom. The molecule has 0 radical (unpaired) electrons. The van der Waals surface area contributed by atoms with Crippen LogP contribution in [0.2, 0.25) is 0 Å². The van der Waals surface area contributed by atoms with Gasteiger partial charge in [0.1, 0.15) is 6.04 Å². The summed E-state index contributed by atoms with van der Waals surface area (Å²) >= 11 is 0. The average Bonchev–Trinajstić information content (AvgIpc) is 3.10. The lowest BCUT2D eigenvalue weighted by atomic mass is 10.1. The second kappa shape index (κ2) is 8.75. The molecule has 0 aliphatic carbocycles. The molecule has 2 aliphatic heterocycles. The van der Waals surface area contributed by atoms with Crippen molar-refractivity contribution >= 4 is 17.7 Å². The molecule has 8 heteroatoms. The number of hydrogen-bond acceptors (Lipinski definition) is 5. The average molecular weight is 359 g/mol. The van der Waals surface area contributed by atoms with Gasteiger partial charge in [-0.25, -0.2) is 0 Å². The highest BCUT2D eigenvalue weighted by Gasteiger charge is 2.32. The molecule has 1 aromatic heterocycles. The predicted molar refractivity (Wildman–Crippen MR) is 94.9 cm³/mol. The first kappa shape index (κ1) is 18.3. The van der Waals surface area contributed by atoms with Gasteiger partial charge in [0, 0.05) is 64.5 Å². The van der Waals surface area contributed by atoms with Gasteiger partial charge in [0.05, 0.1) is 0 Å². The summed E-state index contributed by atoms with van der Waals surface area (Å²) in [6.07, 6.45) is 5.06. The number of aromatic nitrogens is 1. The van der Waals surface area contributed by atoms with Gasteiger partial charge < -0.3 is 20.4 Å². The molecule has 0 saturated carbocycles. The Morgan fingerprint density at radius 1 is 1.27 bits per heavy atom. The minimum atomic E-state index is -0.521. The van der Waals surface area contributed by atoms with Crippen LogP contribution in [0.25, 0.3) is 0 Å². The summed E-state index contributed by atoms with van der Waals surface area (Å²) in [4.78, 5) is 44.2. The van der Waals surface area contributed by atoms with Gasteiger partial charge in [-0.05, 0) is 24.1 Å². The molecule has 1 aromatic rings. The van der Waals surface area contributed by atoms with E-state index in [2.05, 4.69) is 15.6 Å². The Hall–Kier alpha value is -2.48. The van der Waals surface area contributed by atoms with Crippen LogP contribution in [0.3, 0.4) is 0 Å². The fourth-order valence-corrected chi connectivity index (χ4v) is 3.36. The van der Waals surface area contributed by atoms with E-state index in [-0.39, 0.29) is 24.1 Å². The van der Waals surface area contributed by atoms with E-state index in [9.17, 15) is 14.4 Å². The number of pyridine rings is 1. The third kappa shape index (κ3) is 4.57. The Balaban J connectivity index is 1.53. The molecule has 1 atom stereocenters.